The van der Waals surface area contributed by atoms with Gasteiger partial charge in [0, 0.05) is 5.75 Å². The van der Waals surface area contributed by atoms with Crippen LogP contribution in [0.5, 0.6) is 11.5 Å². The van der Waals surface area contributed by atoms with E-state index in [4.69, 9.17) is 14.6 Å². The predicted molar refractivity (Wildman–Crippen MR) is 88.1 cm³/mol. The summed E-state index contributed by atoms with van der Waals surface area (Å²) in [6, 6.07) is 4.67. The zero-order chi connectivity index (χ0) is 16.8. The zero-order valence-electron chi connectivity index (χ0n) is 12.9. The Balaban J connectivity index is 2.01. The third kappa shape index (κ3) is 4.54. The number of carbonyl (C=O) groups excluding carboxylic acids is 1. The molecule has 2 N–H and O–H groups in total. The largest absolute Gasteiger partial charge is 0.480 e. The Bertz CT molecular complexity index is 578. The Kier molecular flexibility index (Phi) is 6.15. The summed E-state index contributed by atoms with van der Waals surface area (Å²) in [5.41, 5.74) is 0.922. The van der Waals surface area contributed by atoms with Crippen LogP contribution in [0.15, 0.2) is 18.2 Å². The molecule has 1 unspecified atom stereocenters. The van der Waals surface area contributed by atoms with E-state index in [9.17, 15) is 9.59 Å². The first-order chi connectivity index (χ1) is 11.0. The molecule has 0 bridgehead atoms. The number of aliphatic carboxylic acids is 1. The summed E-state index contributed by atoms with van der Waals surface area (Å²) >= 11 is 4.23. The monoisotopic (exact) mass is 339 g/mol. The lowest BCUT2D eigenvalue weighted by molar-refractivity contribution is -0.142. The summed E-state index contributed by atoms with van der Waals surface area (Å²) in [6.07, 6.45) is 1.56. The molecule has 1 aliphatic heterocycles. The summed E-state index contributed by atoms with van der Waals surface area (Å²) in [7, 11) is 0. The lowest BCUT2D eigenvalue weighted by Crippen LogP contribution is -2.44. The highest BCUT2D eigenvalue weighted by atomic mass is 32.1. The molecule has 23 heavy (non-hydrogen) atoms. The van der Waals surface area contributed by atoms with Crippen molar-refractivity contribution < 1.29 is 24.2 Å². The maximum Gasteiger partial charge on any atom is 0.326 e. The van der Waals surface area contributed by atoms with Gasteiger partial charge in [-0.25, -0.2) is 4.79 Å². The van der Waals surface area contributed by atoms with E-state index in [-0.39, 0.29) is 12.7 Å². The van der Waals surface area contributed by atoms with Crippen molar-refractivity contribution in [1.29, 1.82) is 0 Å². The first-order valence-corrected chi connectivity index (χ1v) is 8.21. The van der Waals surface area contributed by atoms with Crippen LogP contribution in [0.2, 0.25) is 0 Å². The predicted octanol–water partition coefficient (Wildman–Crippen LogP) is 1.87. The summed E-state index contributed by atoms with van der Waals surface area (Å²) in [6.45, 7) is 2.08. The molecular formula is C16H21NO5S. The Morgan fingerprint density at radius 2 is 2.09 bits per heavy atom. The summed E-state index contributed by atoms with van der Waals surface area (Å²) in [5, 5.41) is 11.7. The van der Waals surface area contributed by atoms with Gasteiger partial charge < -0.3 is 19.9 Å². The number of hydrogen-bond acceptors (Lipinski definition) is 5. The van der Waals surface area contributed by atoms with Gasteiger partial charge in [0.25, 0.3) is 0 Å². The minimum Gasteiger partial charge on any atom is -0.480 e. The molecule has 0 spiro atoms. The van der Waals surface area contributed by atoms with E-state index in [2.05, 4.69) is 17.9 Å². The summed E-state index contributed by atoms with van der Waals surface area (Å²) in [5.74, 6) is -0.0273. The number of rotatable bonds is 8. The number of carbonyl (C=O) groups is 2. The number of fused-ring (bicyclic) bond motifs is 1. The maximum absolute atomic E-state index is 12.3. The minimum absolute atomic E-state index is 0.201. The van der Waals surface area contributed by atoms with E-state index in [1.165, 1.54) is 0 Å². The maximum atomic E-state index is 12.3. The van der Waals surface area contributed by atoms with Crippen molar-refractivity contribution in [3.63, 3.8) is 0 Å². The molecule has 2 rings (SSSR count). The van der Waals surface area contributed by atoms with Gasteiger partial charge in [-0.15, -0.1) is 0 Å². The summed E-state index contributed by atoms with van der Waals surface area (Å²) in [4.78, 5) is 23.5. The van der Waals surface area contributed by atoms with Crippen LogP contribution in [0.25, 0.3) is 0 Å². The fourth-order valence-corrected chi connectivity index (χ4v) is 2.72. The van der Waals surface area contributed by atoms with E-state index in [1.807, 2.05) is 25.1 Å². The van der Waals surface area contributed by atoms with Crippen molar-refractivity contribution in [3.8, 4) is 11.5 Å². The number of hydrogen-bond donors (Lipinski definition) is 3. The van der Waals surface area contributed by atoms with Crippen molar-refractivity contribution in [2.75, 3.05) is 12.5 Å². The first-order valence-electron chi connectivity index (χ1n) is 7.57. The van der Waals surface area contributed by atoms with E-state index in [0.29, 0.717) is 36.5 Å². The van der Waals surface area contributed by atoms with Gasteiger partial charge in [-0.05, 0) is 30.5 Å². The number of thiol groups is 1. The quantitative estimate of drug-likeness (QED) is 0.630. The second-order valence-corrected chi connectivity index (χ2v) is 5.82. The third-order valence-corrected chi connectivity index (χ3v) is 4.14. The Morgan fingerprint density at radius 3 is 2.74 bits per heavy atom. The summed E-state index contributed by atoms with van der Waals surface area (Å²) < 4.78 is 10.6. The van der Waals surface area contributed by atoms with Gasteiger partial charge in [-0.3, -0.25) is 4.79 Å². The van der Waals surface area contributed by atoms with Crippen molar-refractivity contribution >= 4 is 24.5 Å². The molecule has 0 saturated heterocycles. The van der Waals surface area contributed by atoms with Crippen LogP contribution < -0.4 is 14.8 Å². The number of ether oxygens (including phenoxy) is 2. The van der Waals surface area contributed by atoms with Crippen molar-refractivity contribution in [2.24, 2.45) is 5.92 Å². The normalized spacial score (nSPS) is 15.0. The number of carboxylic acids is 1. The fourth-order valence-electron chi connectivity index (χ4n) is 2.43. The minimum atomic E-state index is -1.01. The van der Waals surface area contributed by atoms with Crippen molar-refractivity contribution in [2.45, 2.75) is 32.2 Å². The fraction of sp³-hybridized carbons (Fsp3) is 0.500. The molecule has 1 aromatic carbocycles. The Labute approximate surface area is 140 Å². The van der Waals surface area contributed by atoms with Gasteiger partial charge in [0.1, 0.15) is 6.04 Å². The van der Waals surface area contributed by atoms with Crippen LogP contribution >= 0.6 is 12.6 Å². The van der Waals surface area contributed by atoms with Crippen LogP contribution in [0, 0.1) is 5.92 Å². The standard InChI is InChI=1S/C16H21NO5S/c1-2-3-12(16(19)20)17-15(18)11(8-23)6-10-4-5-13-14(7-10)22-9-21-13/h4-5,7,11-12,23H,2-3,6,8-9H2,1H3,(H,17,18)(H,19,20)/t11?,12-/m0/s1. The number of carboxylic acid groups (broad SMARTS) is 1. The van der Waals surface area contributed by atoms with E-state index < -0.39 is 17.9 Å². The van der Waals surface area contributed by atoms with Crippen LogP contribution in [-0.2, 0) is 16.0 Å². The molecule has 1 amide bonds. The van der Waals surface area contributed by atoms with E-state index >= 15 is 0 Å². The zero-order valence-corrected chi connectivity index (χ0v) is 13.8. The van der Waals surface area contributed by atoms with Crippen LogP contribution in [-0.4, -0.2) is 35.6 Å². The number of nitrogens with one attached hydrogen (secondary N) is 1. The van der Waals surface area contributed by atoms with Crippen molar-refractivity contribution in [3.05, 3.63) is 23.8 Å². The SMILES string of the molecule is CCC[C@H](NC(=O)C(CS)Cc1ccc2c(c1)OCO2)C(=O)O. The van der Waals surface area contributed by atoms with Gasteiger partial charge >= 0.3 is 5.97 Å². The highest BCUT2D eigenvalue weighted by Crippen LogP contribution is 2.33. The molecule has 6 nitrogen and oxygen atoms in total. The van der Waals surface area contributed by atoms with Crippen LogP contribution in [0.3, 0.4) is 0 Å². The molecule has 0 fully saturated rings. The molecule has 2 atom stereocenters. The highest BCUT2D eigenvalue weighted by Gasteiger charge is 2.25. The molecule has 0 saturated carbocycles. The molecule has 0 aromatic heterocycles. The van der Waals surface area contributed by atoms with Gasteiger partial charge in [0.15, 0.2) is 11.5 Å². The average Bonchev–Trinajstić information content (AvgIpc) is 2.99. The molecule has 0 radical (unpaired) electrons. The van der Waals surface area contributed by atoms with Crippen molar-refractivity contribution in [1.82, 2.24) is 5.32 Å². The second-order valence-electron chi connectivity index (χ2n) is 5.46. The second kappa shape index (κ2) is 8.10. The Hall–Kier alpha value is -1.89. The van der Waals surface area contributed by atoms with E-state index in [1.54, 1.807) is 0 Å². The van der Waals surface area contributed by atoms with Crippen LogP contribution in [0.1, 0.15) is 25.3 Å². The smallest absolute Gasteiger partial charge is 0.326 e. The first kappa shape index (κ1) is 17.5. The highest BCUT2D eigenvalue weighted by molar-refractivity contribution is 7.80. The van der Waals surface area contributed by atoms with Gasteiger partial charge in [0.05, 0.1) is 5.92 Å². The number of benzene rings is 1. The molecule has 7 heteroatoms. The Morgan fingerprint density at radius 1 is 1.35 bits per heavy atom. The topological polar surface area (TPSA) is 84.9 Å². The average molecular weight is 339 g/mol. The molecule has 1 aromatic rings. The van der Waals surface area contributed by atoms with Gasteiger partial charge in [-0.1, -0.05) is 19.4 Å². The molecular weight excluding hydrogens is 318 g/mol. The van der Waals surface area contributed by atoms with Crippen LogP contribution in [0.4, 0.5) is 0 Å². The molecule has 1 aliphatic rings. The lowest BCUT2D eigenvalue weighted by atomic mass is 9.99. The number of amides is 1. The molecule has 1 heterocycles. The molecule has 126 valence electrons. The molecule has 0 aliphatic carbocycles. The van der Waals surface area contributed by atoms with Gasteiger partial charge in [0.2, 0.25) is 12.7 Å². The third-order valence-electron chi connectivity index (χ3n) is 3.70. The lowest BCUT2D eigenvalue weighted by Gasteiger charge is -2.19. The van der Waals surface area contributed by atoms with Gasteiger partial charge in [-0.2, -0.15) is 12.6 Å². The van der Waals surface area contributed by atoms with E-state index in [0.717, 1.165) is 5.56 Å².